The van der Waals surface area contributed by atoms with Gasteiger partial charge in [-0.1, -0.05) is 6.42 Å². The van der Waals surface area contributed by atoms with Crippen LogP contribution in [0, 0.1) is 11.8 Å². The lowest BCUT2D eigenvalue weighted by Gasteiger charge is -2.31. The molecule has 0 bridgehead atoms. The normalized spacial score (nSPS) is 17.2. The smallest absolute Gasteiger partial charge is 0.416 e. The highest BCUT2D eigenvalue weighted by Crippen LogP contribution is 2.36. The van der Waals surface area contributed by atoms with Crippen molar-refractivity contribution in [3.63, 3.8) is 0 Å². The molecule has 4 amide bonds. The van der Waals surface area contributed by atoms with Crippen LogP contribution in [0.15, 0.2) is 53.4 Å². The Morgan fingerprint density at radius 3 is 2.47 bits per heavy atom. The van der Waals surface area contributed by atoms with Crippen LogP contribution in [-0.2, 0) is 25.5 Å². The zero-order valence-electron chi connectivity index (χ0n) is 39.8. The highest BCUT2D eigenvalue weighted by atomic mass is 19.3. The van der Waals surface area contributed by atoms with E-state index in [1.54, 1.807) is 48.6 Å². The number of pyridine rings is 1. The van der Waals surface area contributed by atoms with E-state index in [0.29, 0.717) is 48.6 Å². The molecule has 0 saturated heterocycles. The van der Waals surface area contributed by atoms with Crippen molar-refractivity contribution in [3.8, 4) is 17.2 Å². The highest BCUT2D eigenvalue weighted by Gasteiger charge is 2.32. The second-order valence-corrected chi connectivity index (χ2v) is 19.1. The molecule has 0 unspecified atom stereocenters. The Hall–Kier alpha value is -5.95. The van der Waals surface area contributed by atoms with Crippen LogP contribution < -0.4 is 25.2 Å². The number of nitrogens with one attached hydrogen (secondary N) is 2. The molecule has 2 fully saturated rings. The molecule has 3 aromatic heterocycles. The number of ether oxygens (including phenoxy) is 3. The van der Waals surface area contributed by atoms with Crippen LogP contribution in [0.5, 0.6) is 5.75 Å². The number of oxazole rings is 1. The highest BCUT2D eigenvalue weighted by molar-refractivity contribution is 6.03. The predicted molar refractivity (Wildman–Crippen MR) is 251 cm³/mol. The van der Waals surface area contributed by atoms with Gasteiger partial charge in [0.15, 0.2) is 18.0 Å². The topological polar surface area (TPSA) is 186 Å². The van der Waals surface area contributed by atoms with Crippen molar-refractivity contribution in [1.82, 2.24) is 30.0 Å². The number of amides is 4. The third-order valence-electron chi connectivity index (χ3n) is 12.4. The zero-order chi connectivity index (χ0) is 48.4. The van der Waals surface area contributed by atoms with Crippen molar-refractivity contribution in [1.29, 1.82) is 0 Å². The van der Waals surface area contributed by atoms with E-state index in [0.717, 1.165) is 101 Å². The predicted octanol–water partition coefficient (Wildman–Crippen LogP) is 8.23. The summed E-state index contributed by atoms with van der Waals surface area (Å²) < 4.78 is 52.1. The number of methoxy groups -OCH3 is 1. The van der Waals surface area contributed by atoms with Crippen LogP contribution in [0.1, 0.15) is 119 Å². The number of aromatic nitrogens is 4. The van der Waals surface area contributed by atoms with Gasteiger partial charge in [-0.15, -0.1) is 0 Å². The maximum absolute atomic E-state index is 14.3. The Bertz CT molecular complexity index is 2350. The monoisotopic (exact) mass is 945 g/mol. The molecule has 1 aromatic carbocycles. The summed E-state index contributed by atoms with van der Waals surface area (Å²) in [5, 5.41) is 9.75. The standard InChI is InChI=1S/C49H65F2N9O8/c1-49(2,3)68-48(64)59(27-33-11-12-33)41-25-35(19-21-52-41)47-55-39(29-67-47)46(63)54-38-28-60(56-44(38)45(50)51)36-15-13-32(14-16-36)26-57(4)22-8-6-7-20-53-42(61)30-66-37-17-18-40-34(24-37)10-9-23-58(40)43(62)31-65-5/h17-19,21,24-25,28-29,32-33,36,45H,6-16,20,22-23,26-27,30-31H2,1-5H3,(H,53,61)(H,54,63)/t32-,36-. The van der Waals surface area contributed by atoms with Gasteiger partial charge in [0.2, 0.25) is 5.89 Å². The average Bonchev–Trinajstić information content (AvgIpc) is 3.81. The second kappa shape index (κ2) is 22.9. The van der Waals surface area contributed by atoms with Crippen molar-refractivity contribution < 1.29 is 46.6 Å². The molecule has 68 heavy (non-hydrogen) atoms. The van der Waals surface area contributed by atoms with E-state index >= 15 is 0 Å². The van der Waals surface area contributed by atoms with Gasteiger partial charge >= 0.3 is 6.09 Å². The number of carbonyl (C=O) groups is 4. The first-order chi connectivity index (χ1) is 32.6. The second-order valence-electron chi connectivity index (χ2n) is 19.1. The molecule has 2 saturated carbocycles. The third kappa shape index (κ3) is 13.8. The van der Waals surface area contributed by atoms with E-state index in [2.05, 4.69) is 37.6 Å². The number of halogens is 2. The summed E-state index contributed by atoms with van der Waals surface area (Å²) in [6.45, 7) is 8.87. The SMILES string of the molecule is COCC(=O)N1CCCc2cc(OCC(=O)NCCCCCN(C)C[C@H]3CC[C@H](n4cc(NC(=O)c5coc(-c6ccnc(N(CC7CC7)C(=O)OC(C)(C)C)c6)n5)c(C(F)F)n4)CC3)ccc21. The van der Waals surface area contributed by atoms with E-state index in [9.17, 15) is 28.0 Å². The summed E-state index contributed by atoms with van der Waals surface area (Å²) >= 11 is 0. The van der Waals surface area contributed by atoms with Crippen LogP contribution in [-0.4, -0.2) is 114 Å². The fourth-order valence-electron chi connectivity index (χ4n) is 8.74. The van der Waals surface area contributed by atoms with E-state index in [4.69, 9.17) is 18.6 Å². The molecular weight excluding hydrogens is 881 g/mol. The van der Waals surface area contributed by atoms with Crippen LogP contribution in [0.2, 0.25) is 0 Å². The molecule has 17 nitrogen and oxygen atoms in total. The molecule has 4 aromatic rings. The van der Waals surface area contributed by atoms with Crippen molar-refractivity contribution in [3.05, 3.63) is 65.9 Å². The number of fused-ring (bicyclic) bond motifs is 1. The van der Waals surface area contributed by atoms with Gasteiger partial charge in [0.1, 0.15) is 30.0 Å². The number of rotatable bonds is 21. The zero-order valence-corrected chi connectivity index (χ0v) is 39.8. The molecular formula is C49H65F2N9O8. The lowest BCUT2D eigenvalue weighted by molar-refractivity contribution is -0.123. The first-order valence-corrected chi connectivity index (χ1v) is 23.7. The summed E-state index contributed by atoms with van der Waals surface area (Å²) in [5.41, 5.74) is 0.950. The summed E-state index contributed by atoms with van der Waals surface area (Å²) in [5.74, 6) is 0.888. The van der Waals surface area contributed by atoms with Gasteiger partial charge in [0.25, 0.3) is 24.1 Å². The Labute approximate surface area is 396 Å². The van der Waals surface area contributed by atoms with E-state index in [1.807, 2.05) is 12.1 Å². The summed E-state index contributed by atoms with van der Waals surface area (Å²) in [7, 11) is 3.62. The van der Waals surface area contributed by atoms with Crippen LogP contribution in [0.4, 0.5) is 30.8 Å². The number of alkyl halides is 2. The minimum absolute atomic E-state index is 0.0323. The van der Waals surface area contributed by atoms with E-state index < -0.39 is 29.7 Å². The number of aryl methyl sites for hydroxylation is 1. The lowest BCUT2D eigenvalue weighted by Crippen LogP contribution is -2.38. The van der Waals surface area contributed by atoms with Crippen molar-refractivity contribution in [2.45, 2.75) is 109 Å². The molecule has 4 heterocycles. The number of hydrogen-bond donors (Lipinski definition) is 2. The Balaban J connectivity index is 0.810. The fraction of sp³-hybridized carbons (Fsp3) is 0.571. The van der Waals surface area contributed by atoms with Gasteiger partial charge in [-0.05, 0) is 146 Å². The fourth-order valence-corrected chi connectivity index (χ4v) is 8.74. The van der Waals surface area contributed by atoms with Crippen LogP contribution in [0.25, 0.3) is 11.5 Å². The molecule has 19 heteroatoms. The number of carbonyl (C=O) groups excluding carboxylic acids is 4. The summed E-state index contributed by atoms with van der Waals surface area (Å²) in [4.78, 5) is 65.7. The van der Waals surface area contributed by atoms with Gasteiger partial charge in [-0.3, -0.25) is 24.0 Å². The molecule has 1 aliphatic heterocycles. The Morgan fingerprint density at radius 1 is 0.971 bits per heavy atom. The van der Waals surface area contributed by atoms with Gasteiger partial charge in [-0.2, -0.15) is 5.10 Å². The lowest BCUT2D eigenvalue weighted by atomic mass is 9.86. The minimum Gasteiger partial charge on any atom is -0.484 e. The summed E-state index contributed by atoms with van der Waals surface area (Å²) in [6.07, 6.45) is 10.6. The maximum Gasteiger partial charge on any atom is 0.416 e. The van der Waals surface area contributed by atoms with Gasteiger partial charge < -0.3 is 39.1 Å². The summed E-state index contributed by atoms with van der Waals surface area (Å²) in [6, 6.07) is 8.75. The Kier molecular flexibility index (Phi) is 16.8. The number of nitrogens with zero attached hydrogens (tertiary/aromatic N) is 7. The number of unbranched alkanes of at least 4 members (excludes halogenated alkanes) is 2. The third-order valence-corrected chi connectivity index (χ3v) is 12.4. The molecule has 0 radical (unpaired) electrons. The quantitative estimate of drug-likeness (QED) is 0.0764. The van der Waals surface area contributed by atoms with Crippen LogP contribution in [0.3, 0.4) is 0 Å². The number of hydrogen-bond acceptors (Lipinski definition) is 12. The first kappa shape index (κ1) is 49.9. The molecule has 368 valence electrons. The first-order valence-electron chi connectivity index (χ1n) is 23.7. The Morgan fingerprint density at radius 2 is 1.74 bits per heavy atom. The average molecular weight is 946 g/mol. The van der Waals surface area contributed by atoms with Gasteiger partial charge in [-0.25, -0.2) is 23.5 Å². The number of benzene rings is 1. The molecule has 0 spiro atoms. The minimum atomic E-state index is -2.91. The molecule has 2 aliphatic carbocycles. The van der Waals surface area contributed by atoms with E-state index in [1.165, 1.54) is 24.4 Å². The molecule has 7 rings (SSSR count). The van der Waals surface area contributed by atoms with Gasteiger partial charge in [0.05, 0.1) is 11.7 Å². The van der Waals surface area contributed by atoms with Crippen molar-refractivity contribution >= 4 is 41.0 Å². The van der Waals surface area contributed by atoms with Crippen LogP contribution >= 0.6 is 0 Å². The molecule has 2 N–H and O–H groups in total. The largest absolute Gasteiger partial charge is 0.484 e. The van der Waals surface area contributed by atoms with Crippen molar-refractivity contribution in [2.75, 3.05) is 75.2 Å². The molecule has 0 atom stereocenters. The number of anilines is 3. The maximum atomic E-state index is 14.3. The molecule has 3 aliphatic rings. The van der Waals surface area contributed by atoms with E-state index in [-0.39, 0.29) is 48.3 Å². The van der Waals surface area contributed by atoms with Crippen molar-refractivity contribution in [2.24, 2.45) is 11.8 Å². The van der Waals surface area contributed by atoms with Gasteiger partial charge in [0, 0.05) is 56.9 Å².